The maximum atomic E-state index is 12.9. The number of nitrogens with one attached hydrogen (secondary N) is 1. The molecule has 0 atom stereocenters. The lowest BCUT2D eigenvalue weighted by molar-refractivity contribution is 0.102. The van der Waals surface area contributed by atoms with E-state index in [0.717, 1.165) is 11.3 Å². The number of benzene rings is 3. The number of amides is 1. The first-order chi connectivity index (χ1) is 15.0. The summed E-state index contributed by atoms with van der Waals surface area (Å²) < 4.78 is 11.4. The molecule has 1 aromatic heterocycles. The van der Waals surface area contributed by atoms with Crippen molar-refractivity contribution in [3.8, 4) is 28.5 Å². The molecule has 0 aliphatic rings. The number of hydrogen-bond acceptors (Lipinski definition) is 4. The summed E-state index contributed by atoms with van der Waals surface area (Å²) in [5.41, 5.74) is 2.41. The summed E-state index contributed by atoms with van der Waals surface area (Å²) in [5.74, 6) is 1.42. The van der Waals surface area contributed by atoms with Crippen molar-refractivity contribution < 1.29 is 13.9 Å². The first kappa shape index (κ1) is 21.0. The lowest BCUT2D eigenvalue weighted by Gasteiger charge is -2.09. The van der Waals surface area contributed by atoms with Gasteiger partial charge in [-0.15, -0.1) is 0 Å². The van der Waals surface area contributed by atoms with E-state index in [1.54, 1.807) is 42.6 Å². The van der Waals surface area contributed by atoms with Crippen molar-refractivity contribution in [2.45, 2.75) is 6.92 Å². The second kappa shape index (κ2) is 9.25. The molecule has 0 radical (unpaired) electrons. The summed E-state index contributed by atoms with van der Waals surface area (Å²) >= 11 is 12.0. The highest BCUT2D eigenvalue weighted by molar-refractivity contribution is 6.42. The van der Waals surface area contributed by atoms with Crippen LogP contribution in [0.2, 0.25) is 10.0 Å². The Morgan fingerprint density at radius 1 is 1.03 bits per heavy atom. The van der Waals surface area contributed by atoms with Crippen LogP contribution in [0.4, 0.5) is 5.69 Å². The van der Waals surface area contributed by atoms with Crippen LogP contribution in [-0.4, -0.2) is 17.5 Å². The molecule has 0 saturated carbocycles. The van der Waals surface area contributed by atoms with Crippen LogP contribution in [0.5, 0.6) is 5.75 Å². The predicted molar refractivity (Wildman–Crippen MR) is 123 cm³/mol. The molecule has 5 nitrogen and oxygen atoms in total. The molecule has 4 aromatic rings. The van der Waals surface area contributed by atoms with Gasteiger partial charge in [-0.1, -0.05) is 35.3 Å². The highest BCUT2D eigenvalue weighted by Gasteiger charge is 2.17. The van der Waals surface area contributed by atoms with Crippen molar-refractivity contribution >= 4 is 34.8 Å². The van der Waals surface area contributed by atoms with Gasteiger partial charge < -0.3 is 14.5 Å². The summed E-state index contributed by atoms with van der Waals surface area (Å²) in [4.78, 5) is 17.3. The van der Waals surface area contributed by atoms with Crippen LogP contribution >= 0.6 is 23.2 Å². The van der Waals surface area contributed by atoms with Gasteiger partial charge in [0, 0.05) is 16.8 Å². The van der Waals surface area contributed by atoms with Gasteiger partial charge in [-0.25, -0.2) is 4.98 Å². The molecule has 7 heteroatoms. The lowest BCUT2D eigenvalue weighted by Crippen LogP contribution is -2.13. The van der Waals surface area contributed by atoms with E-state index in [4.69, 9.17) is 32.4 Å². The average Bonchev–Trinajstić information content (AvgIpc) is 3.27. The molecule has 1 heterocycles. The molecular formula is C24H18Cl2N2O3. The molecule has 0 aliphatic carbocycles. The SMILES string of the molecule is CCOc1ccc(-c2cnc(-c3ccccc3C(=O)Nc3ccc(Cl)c(Cl)c3)o2)cc1. The number of rotatable bonds is 6. The number of hydrogen-bond donors (Lipinski definition) is 1. The standard InChI is InChI=1S/C24H18Cl2N2O3/c1-2-30-17-10-7-15(8-11-17)22-14-27-24(31-22)19-6-4-3-5-18(19)23(29)28-16-9-12-20(25)21(26)13-16/h3-14H,2H2,1H3,(H,28,29). The third-order valence-corrected chi connectivity index (χ3v) is 5.27. The number of carbonyl (C=O) groups is 1. The number of aromatic nitrogens is 1. The number of carbonyl (C=O) groups excluding carboxylic acids is 1. The van der Waals surface area contributed by atoms with E-state index in [-0.39, 0.29) is 5.91 Å². The third kappa shape index (κ3) is 4.74. The van der Waals surface area contributed by atoms with Crippen molar-refractivity contribution in [2.75, 3.05) is 11.9 Å². The quantitative estimate of drug-likeness (QED) is 0.343. The first-order valence-electron chi connectivity index (χ1n) is 9.60. The molecule has 156 valence electrons. The zero-order chi connectivity index (χ0) is 21.8. The van der Waals surface area contributed by atoms with Gasteiger partial charge in [-0.2, -0.15) is 0 Å². The van der Waals surface area contributed by atoms with Gasteiger partial charge in [0.2, 0.25) is 5.89 Å². The molecule has 1 N–H and O–H groups in total. The molecule has 3 aromatic carbocycles. The maximum absolute atomic E-state index is 12.9. The average molecular weight is 453 g/mol. The molecule has 31 heavy (non-hydrogen) atoms. The van der Waals surface area contributed by atoms with Gasteiger partial charge in [-0.3, -0.25) is 4.79 Å². The van der Waals surface area contributed by atoms with Crippen LogP contribution in [-0.2, 0) is 0 Å². The topological polar surface area (TPSA) is 64.4 Å². The van der Waals surface area contributed by atoms with Gasteiger partial charge in [0.15, 0.2) is 5.76 Å². The van der Waals surface area contributed by atoms with Crippen LogP contribution in [0, 0.1) is 0 Å². The summed E-state index contributed by atoms with van der Waals surface area (Å²) in [6, 6.07) is 19.6. The Morgan fingerprint density at radius 2 is 1.81 bits per heavy atom. The molecule has 0 unspecified atom stereocenters. The van der Waals surface area contributed by atoms with Crippen LogP contribution in [0.1, 0.15) is 17.3 Å². The third-order valence-electron chi connectivity index (χ3n) is 4.54. The van der Waals surface area contributed by atoms with Crippen molar-refractivity contribution in [1.82, 2.24) is 4.98 Å². The van der Waals surface area contributed by atoms with E-state index in [0.29, 0.717) is 45.1 Å². The van der Waals surface area contributed by atoms with Crippen LogP contribution in [0.3, 0.4) is 0 Å². The van der Waals surface area contributed by atoms with Gasteiger partial charge in [-0.05, 0) is 61.5 Å². The fourth-order valence-corrected chi connectivity index (χ4v) is 3.35. The first-order valence-corrected chi connectivity index (χ1v) is 10.4. The van der Waals surface area contributed by atoms with Crippen LogP contribution in [0.25, 0.3) is 22.8 Å². The van der Waals surface area contributed by atoms with Crippen LogP contribution < -0.4 is 10.1 Å². The Hall–Kier alpha value is -3.28. The van der Waals surface area contributed by atoms with E-state index in [1.807, 2.05) is 37.3 Å². The van der Waals surface area contributed by atoms with Crippen molar-refractivity contribution in [3.63, 3.8) is 0 Å². The van der Waals surface area contributed by atoms with Crippen LogP contribution in [0.15, 0.2) is 77.3 Å². The summed E-state index contributed by atoms with van der Waals surface area (Å²) in [7, 11) is 0. The highest BCUT2D eigenvalue weighted by atomic mass is 35.5. The number of ether oxygens (including phenoxy) is 1. The lowest BCUT2D eigenvalue weighted by atomic mass is 10.1. The Bertz CT molecular complexity index is 1220. The zero-order valence-corrected chi connectivity index (χ0v) is 18.1. The van der Waals surface area contributed by atoms with E-state index >= 15 is 0 Å². The minimum atomic E-state index is -0.310. The van der Waals surface area contributed by atoms with E-state index in [2.05, 4.69) is 10.3 Å². The van der Waals surface area contributed by atoms with Crippen molar-refractivity contribution in [1.29, 1.82) is 0 Å². The minimum Gasteiger partial charge on any atom is -0.494 e. The Balaban J connectivity index is 1.60. The second-order valence-corrected chi connectivity index (χ2v) is 7.43. The fraction of sp³-hybridized carbons (Fsp3) is 0.0833. The van der Waals surface area contributed by atoms with E-state index in [1.165, 1.54) is 0 Å². The van der Waals surface area contributed by atoms with Crippen molar-refractivity contribution in [2.24, 2.45) is 0 Å². The molecule has 0 bridgehead atoms. The molecular weight excluding hydrogens is 435 g/mol. The Labute approximate surface area is 189 Å². The van der Waals surface area contributed by atoms with Gasteiger partial charge in [0.05, 0.1) is 28.4 Å². The molecule has 1 amide bonds. The summed E-state index contributed by atoms with van der Waals surface area (Å²) in [6.45, 7) is 2.54. The smallest absolute Gasteiger partial charge is 0.256 e. The van der Waals surface area contributed by atoms with Gasteiger partial charge in [0.1, 0.15) is 5.75 Å². The fourth-order valence-electron chi connectivity index (χ4n) is 3.05. The molecule has 0 aliphatic heterocycles. The molecule has 0 fully saturated rings. The maximum Gasteiger partial charge on any atom is 0.256 e. The monoisotopic (exact) mass is 452 g/mol. The highest BCUT2D eigenvalue weighted by Crippen LogP contribution is 2.30. The van der Waals surface area contributed by atoms with E-state index < -0.39 is 0 Å². The largest absolute Gasteiger partial charge is 0.494 e. The van der Waals surface area contributed by atoms with E-state index in [9.17, 15) is 4.79 Å². The number of anilines is 1. The van der Waals surface area contributed by atoms with Crippen molar-refractivity contribution in [3.05, 3.63) is 88.5 Å². The molecule has 4 rings (SSSR count). The summed E-state index contributed by atoms with van der Waals surface area (Å²) in [5, 5.41) is 3.61. The summed E-state index contributed by atoms with van der Waals surface area (Å²) in [6.07, 6.45) is 1.64. The number of halogens is 2. The second-order valence-electron chi connectivity index (χ2n) is 6.62. The van der Waals surface area contributed by atoms with Gasteiger partial charge in [0.25, 0.3) is 5.91 Å². The Kier molecular flexibility index (Phi) is 6.26. The van der Waals surface area contributed by atoms with Gasteiger partial charge >= 0.3 is 0 Å². The Morgan fingerprint density at radius 3 is 2.55 bits per heavy atom. The molecule has 0 saturated heterocycles. The number of nitrogens with zero attached hydrogens (tertiary/aromatic N) is 1. The minimum absolute atomic E-state index is 0.310. The number of oxazole rings is 1. The normalized spacial score (nSPS) is 10.7. The zero-order valence-electron chi connectivity index (χ0n) is 16.6. The predicted octanol–water partition coefficient (Wildman–Crippen LogP) is 6.97. The molecule has 0 spiro atoms.